The van der Waals surface area contributed by atoms with E-state index in [0.717, 1.165) is 5.56 Å². The third-order valence-corrected chi connectivity index (χ3v) is 1.39. The van der Waals surface area contributed by atoms with Crippen LogP contribution >= 0.6 is 0 Å². The van der Waals surface area contributed by atoms with Crippen molar-refractivity contribution in [3.8, 4) is 0 Å². The number of rotatable bonds is 3. The molecule has 0 amide bonds. The second-order valence-electron chi connectivity index (χ2n) is 2.72. The van der Waals surface area contributed by atoms with Gasteiger partial charge in [-0.15, -0.1) is 0 Å². The summed E-state index contributed by atoms with van der Waals surface area (Å²) < 4.78 is 12.5. The fourth-order valence-corrected chi connectivity index (χ4v) is 0.802. The third-order valence-electron chi connectivity index (χ3n) is 1.39. The molecule has 0 radical (unpaired) electrons. The zero-order valence-electron chi connectivity index (χ0n) is 7.21. The lowest BCUT2D eigenvalue weighted by atomic mass is 10.3. The van der Waals surface area contributed by atoms with E-state index in [9.17, 15) is 4.39 Å². The molecule has 0 aliphatic carbocycles. The molecule has 1 aromatic rings. The average Bonchev–Trinajstić information content (AvgIpc) is 2.01. The molecule has 0 unspecified atom stereocenters. The number of hydrogen-bond donors (Lipinski definition) is 1. The number of aromatic nitrogens is 1. The Balaban J connectivity index is 2.52. The zero-order valence-corrected chi connectivity index (χ0v) is 7.21. The first-order chi connectivity index (χ1) is 5.68. The molecule has 3 nitrogen and oxygen atoms in total. The van der Waals surface area contributed by atoms with Crippen LogP contribution in [-0.2, 0) is 6.54 Å². The van der Waals surface area contributed by atoms with E-state index in [1.165, 1.54) is 12.3 Å². The maximum atomic E-state index is 12.5. The second-order valence-corrected chi connectivity index (χ2v) is 2.72. The molecule has 0 atom stereocenters. The molecule has 4 heteroatoms. The Hall–Kier alpha value is -1.00. The van der Waals surface area contributed by atoms with Crippen molar-refractivity contribution in [2.24, 2.45) is 0 Å². The Morgan fingerprint density at radius 1 is 1.58 bits per heavy atom. The molecule has 1 aromatic heterocycles. The summed E-state index contributed by atoms with van der Waals surface area (Å²) in [6.45, 7) is 0.618. The van der Waals surface area contributed by atoms with Gasteiger partial charge in [-0.1, -0.05) is 0 Å². The summed E-state index contributed by atoms with van der Waals surface area (Å²) in [5, 5.41) is 1.82. The van der Waals surface area contributed by atoms with E-state index in [2.05, 4.69) is 10.4 Å². The quantitative estimate of drug-likeness (QED) is 0.535. The van der Waals surface area contributed by atoms with Crippen LogP contribution in [0.3, 0.4) is 0 Å². The van der Waals surface area contributed by atoms with E-state index in [1.54, 1.807) is 6.07 Å². The summed E-state index contributed by atoms with van der Waals surface area (Å²) in [4.78, 5) is 3.46. The molecule has 1 heterocycles. The molecule has 0 aliphatic rings. The molecule has 0 aromatic carbocycles. The minimum atomic E-state index is -0.437. The highest BCUT2D eigenvalue weighted by atomic mass is 19.1. The van der Waals surface area contributed by atoms with Gasteiger partial charge < -0.3 is 0 Å². The maximum absolute atomic E-state index is 12.5. The van der Waals surface area contributed by atoms with Crippen LogP contribution in [-0.4, -0.2) is 24.1 Å². The van der Waals surface area contributed by atoms with Gasteiger partial charge in [0.25, 0.3) is 0 Å². The highest BCUT2D eigenvalue weighted by Gasteiger charge is 1.95. The molecule has 0 saturated heterocycles. The molecule has 1 N–H and O–H groups in total. The zero-order chi connectivity index (χ0) is 8.97. The number of halogens is 1. The van der Waals surface area contributed by atoms with Crippen LogP contribution in [0.5, 0.6) is 0 Å². The van der Waals surface area contributed by atoms with Gasteiger partial charge in [-0.2, -0.15) is 4.39 Å². The van der Waals surface area contributed by atoms with E-state index < -0.39 is 5.95 Å². The summed E-state index contributed by atoms with van der Waals surface area (Å²) in [7, 11) is 3.77. The normalized spacial score (nSPS) is 10.7. The first-order valence-electron chi connectivity index (χ1n) is 3.70. The fraction of sp³-hybridized carbons (Fsp3) is 0.375. The monoisotopic (exact) mass is 169 g/mol. The topological polar surface area (TPSA) is 28.2 Å². The summed E-state index contributed by atoms with van der Waals surface area (Å²) in [6.07, 6.45) is 1.46. The van der Waals surface area contributed by atoms with Gasteiger partial charge in [-0.05, 0) is 17.7 Å². The lowest BCUT2D eigenvalue weighted by Crippen LogP contribution is -2.29. The van der Waals surface area contributed by atoms with Gasteiger partial charge in [0.15, 0.2) is 0 Å². The van der Waals surface area contributed by atoms with Crippen molar-refractivity contribution in [3.63, 3.8) is 0 Å². The first kappa shape index (κ1) is 9.09. The lowest BCUT2D eigenvalue weighted by molar-refractivity contribution is 0.285. The van der Waals surface area contributed by atoms with Gasteiger partial charge in [-0.3, -0.25) is 10.4 Å². The third kappa shape index (κ3) is 2.94. The molecule has 1 rings (SSSR count). The molecule has 12 heavy (non-hydrogen) atoms. The van der Waals surface area contributed by atoms with E-state index >= 15 is 0 Å². The van der Waals surface area contributed by atoms with Crippen molar-refractivity contribution in [1.82, 2.24) is 15.4 Å². The van der Waals surface area contributed by atoms with Crippen molar-refractivity contribution >= 4 is 0 Å². The van der Waals surface area contributed by atoms with Crippen LogP contribution in [0, 0.1) is 5.95 Å². The van der Waals surface area contributed by atoms with Crippen molar-refractivity contribution in [1.29, 1.82) is 0 Å². The van der Waals surface area contributed by atoms with Crippen LogP contribution in [0.15, 0.2) is 18.3 Å². The first-order valence-corrected chi connectivity index (χ1v) is 3.70. The summed E-state index contributed by atoms with van der Waals surface area (Å²) in [5.74, 6) is -0.437. The van der Waals surface area contributed by atoms with Crippen molar-refractivity contribution in [3.05, 3.63) is 29.8 Å². The SMILES string of the molecule is CN(C)NCc1ccnc(F)c1. The van der Waals surface area contributed by atoms with Crippen LogP contribution in [0.25, 0.3) is 0 Å². The summed E-state index contributed by atoms with van der Waals surface area (Å²) >= 11 is 0. The number of pyridine rings is 1. The summed E-state index contributed by atoms with van der Waals surface area (Å²) in [6, 6.07) is 3.19. The van der Waals surface area contributed by atoms with Crippen LogP contribution in [0.4, 0.5) is 4.39 Å². The Bertz CT molecular complexity index is 250. The van der Waals surface area contributed by atoms with Gasteiger partial charge in [-0.25, -0.2) is 4.98 Å². The molecular formula is C8H12FN3. The van der Waals surface area contributed by atoms with Crippen LogP contribution in [0.1, 0.15) is 5.56 Å². The Morgan fingerprint density at radius 3 is 2.92 bits per heavy atom. The number of hydrogen-bond acceptors (Lipinski definition) is 3. The Kier molecular flexibility index (Phi) is 3.13. The van der Waals surface area contributed by atoms with E-state index in [1.807, 2.05) is 19.1 Å². The van der Waals surface area contributed by atoms with Crippen LogP contribution in [0.2, 0.25) is 0 Å². The van der Waals surface area contributed by atoms with Gasteiger partial charge in [0.1, 0.15) is 0 Å². The van der Waals surface area contributed by atoms with Crippen LogP contribution < -0.4 is 5.43 Å². The fourth-order valence-electron chi connectivity index (χ4n) is 0.802. The molecule has 0 spiro atoms. The Morgan fingerprint density at radius 2 is 2.33 bits per heavy atom. The van der Waals surface area contributed by atoms with E-state index in [-0.39, 0.29) is 0 Å². The smallest absolute Gasteiger partial charge is 0.213 e. The molecular weight excluding hydrogens is 157 g/mol. The van der Waals surface area contributed by atoms with Gasteiger partial charge in [0.05, 0.1) is 0 Å². The highest BCUT2D eigenvalue weighted by Crippen LogP contribution is 1.99. The second kappa shape index (κ2) is 4.13. The average molecular weight is 169 g/mol. The molecule has 0 saturated carbocycles. The summed E-state index contributed by atoms with van der Waals surface area (Å²) in [5.41, 5.74) is 3.91. The predicted molar refractivity (Wildman–Crippen MR) is 44.7 cm³/mol. The van der Waals surface area contributed by atoms with E-state index in [0.29, 0.717) is 6.54 Å². The highest BCUT2D eigenvalue weighted by molar-refractivity contribution is 5.09. The molecule has 0 fully saturated rings. The predicted octanol–water partition coefficient (Wildman–Crippen LogP) is 0.787. The molecule has 66 valence electrons. The number of nitrogens with zero attached hydrogens (tertiary/aromatic N) is 2. The van der Waals surface area contributed by atoms with Gasteiger partial charge in [0, 0.05) is 26.8 Å². The van der Waals surface area contributed by atoms with E-state index in [4.69, 9.17) is 0 Å². The molecule has 0 bridgehead atoms. The van der Waals surface area contributed by atoms with Crippen molar-refractivity contribution < 1.29 is 4.39 Å². The Labute approximate surface area is 71.2 Å². The lowest BCUT2D eigenvalue weighted by Gasteiger charge is -2.11. The van der Waals surface area contributed by atoms with Gasteiger partial charge >= 0.3 is 0 Å². The van der Waals surface area contributed by atoms with Crippen molar-refractivity contribution in [2.45, 2.75) is 6.54 Å². The minimum Gasteiger partial charge on any atom is -0.251 e. The number of nitrogens with one attached hydrogen (secondary N) is 1. The number of hydrazine groups is 1. The van der Waals surface area contributed by atoms with Crippen molar-refractivity contribution in [2.75, 3.05) is 14.1 Å². The standard InChI is InChI=1S/C8H12FN3/c1-12(2)11-6-7-3-4-10-8(9)5-7/h3-5,11H,6H2,1-2H3. The molecule has 0 aliphatic heterocycles. The van der Waals surface area contributed by atoms with Gasteiger partial charge in [0.2, 0.25) is 5.95 Å². The largest absolute Gasteiger partial charge is 0.251 e. The minimum absolute atomic E-state index is 0.437. The maximum Gasteiger partial charge on any atom is 0.213 e.